The van der Waals surface area contributed by atoms with Gasteiger partial charge in [-0.25, -0.2) is 4.39 Å². The van der Waals surface area contributed by atoms with Gasteiger partial charge in [-0.3, -0.25) is 14.5 Å². The van der Waals surface area contributed by atoms with Crippen LogP contribution >= 0.6 is 0 Å². The van der Waals surface area contributed by atoms with Crippen LogP contribution in [0, 0.1) is 5.82 Å². The van der Waals surface area contributed by atoms with Crippen molar-refractivity contribution in [2.24, 2.45) is 12.8 Å². The number of amides is 1. The zero-order valence-electron chi connectivity index (χ0n) is 8.51. The molecule has 0 aliphatic carbocycles. The second-order valence-corrected chi connectivity index (χ2v) is 3.26. The van der Waals surface area contributed by atoms with E-state index in [-0.39, 0.29) is 5.69 Å². The lowest BCUT2D eigenvalue weighted by atomic mass is 10.2. The highest BCUT2D eigenvalue weighted by Gasteiger charge is 2.11. The molecule has 82 valence electrons. The number of primary amides is 1. The fraction of sp³-hybridized carbons (Fsp3) is 0.100. The van der Waals surface area contributed by atoms with Crippen molar-refractivity contribution in [2.75, 3.05) is 0 Å². The Morgan fingerprint density at radius 3 is 2.69 bits per heavy atom. The van der Waals surface area contributed by atoms with Crippen molar-refractivity contribution in [1.29, 1.82) is 0 Å². The number of carbonyl (C=O) groups is 1. The Balaban J connectivity index is 2.45. The molecule has 0 radical (unpaired) electrons. The van der Waals surface area contributed by atoms with Gasteiger partial charge >= 0.3 is 0 Å². The second kappa shape index (κ2) is 3.73. The fourth-order valence-electron chi connectivity index (χ4n) is 1.35. The maximum Gasteiger partial charge on any atom is 0.266 e. The normalized spacial score (nSPS) is 10.4. The van der Waals surface area contributed by atoms with E-state index in [9.17, 15) is 9.18 Å². The number of hydrogen-bond donors (Lipinski definition) is 1. The fourth-order valence-corrected chi connectivity index (χ4v) is 1.35. The molecule has 0 spiro atoms. The molecule has 2 rings (SSSR count). The molecular weight excluding hydrogens is 211 g/mol. The Morgan fingerprint density at radius 2 is 2.19 bits per heavy atom. The summed E-state index contributed by atoms with van der Waals surface area (Å²) in [6.45, 7) is 0. The number of pyridine rings is 1. The molecule has 16 heavy (non-hydrogen) atoms. The first-order valence-electron chi connectivity index (χ1n) is 4.53. The molecule has 2 N–H and O–H groups in total. The molecule has 0 aliphatic rings. The van der Waals surface area contributed by atoms with Gasteiger partial charge in [0.05, 0.1) is 11.9 Å². The maximum atomic E-state index is 12.7. The lowest BCUT2D eigenvalue weighted by Gasteiger charge is -1.94. The summed E-state index contributed by atoms with van der Waals surface area (Å²) in [5, 5.41) is 4.06. The Bertz CT molecular complexity index is 532. The van der Waals surface area contributed by atoms with Crippen molar-refractivity contribution >= 4 is 5.91 Å². The monoisotopic (exact) mass is 220 g/mol. The van der Waals surface area contributed by atoms with Gasteiger partial charge in [0.15, 0.2) is 0 Å². The van der Waals surface area contributed by atoms with Crippen molar-refractivity contribution in [2.45, 2.75) is 0 Å². The maximum absolute atomic E-state index is 12.7. The van der Waals surface area contributed by atoms with Gasteiger partial charge in [0.2, 0.25) is 0 Å². The van der Waals surface area contributed by atoms with E-state index in [1.54, 1.807) is 7.05 Å². The Morgan fingerprint density at radius 1 is 1.44 bits per heavy atom. The predicted octanol–water partition coefficient (Wildman–Crippen LogP) is 0.720. The third-order valence-electron chi connectivity index (χ3n) is 2.12. The highest BCUT2D eigenvalue weighted by Crippen LogP contribution is 2.16. The van der Waals surface area contributed by atoms with E-state index in [0.29, 0.717) is 11.4 Å². The van der Waals surface area contributed by atoms with Crippen LogP contribution in [0.1, 0.15) is 10.5 Å². The van der Waals surface area contributed by atoms with E-state index in [1.165, 1.54) is 22.9 Å². The van der Waals surface area contributed by atoms with Crippen LogP contribution in [-0.2, 0) is 7.05 Å². The zero-order valence-corrected chi connectivity index (χ0v) is 8.51. The molecule has 0 aliphatic heterocycles. The summed E-state index contributed by atoms with van der Waals surface area (Å²) in [5.74, 6) is -0.988. The largest absolute Gasteiger partial charge is 0.364 e. The van der Waals surface area contributed by atoms with Crippen LogP contribution in [0.5, 0.6) is 0 Å². The number of rotatable bonds is 2. The van der Waals surface area contributed by atoms with Crippen LogP contribution in [0.15, 0.2) is 24.4 Å². The number of halogens is 1. The van der Waals surface area contributed by atoms with Crippen LogP contribution < -0.4 is 5.73 Å². The first kappa shape index (κ1) is 10.3. The summed E-state index contributed by atoms with van der Waals surface area (Å²) in [5.41, 5.74) is 6.40. The molecule has 6 heteroatoms. The molecule has 0 aromatic carbocycles. The summed E-state index contributed by atoms with van der Waals surface area (Å²) in [7, 11) is 1.60. The Labute approximate surface area is 90.7 Å². The summed E-state index contributed by atoms with van der Waals surface area (Å²) >= 11 is 0. The first-order chi connectivity index (χ1) is 7.58. The molecule has 2 heterocycles. The highest BCUT2D eigenvalue weighted by molar-refractivity contribution is 5.92. The lowest BCUT2D eigenvalue weighted by Crippen LogP contribution is -2.15. The average molecular weight is 220 g/mol. The molecule has 0 atom stereocenters. The van der Waals surface area contributed by atoms with E-state index in [1.807, 2.05) is 0 Å². The van der Waals surface area contributed by atoms with Gasteiger partial charge < -0.3 is 5.73 Å². The third-order valence-corrected chi connectivity index (χ3v) is 2.12. The minimum absolute atomic E-state index is 0.279. The summed E-state index contributed by atoms with van der Waals surface area (Å²) in [6, 6.07) is 4.28. The van der Waals surface area contributed by atoms with Gasteiger partial charge in [-0.05, 0) is 18.2 Å². The molecule has 5 nitrogen and oxygen atoms in total. The van der Waals surface area contributed by atoms with Gasteiger partial charge in [-0.1, -0.05) is 0 Å². The van der Waals surface area contributed by atoms with E-state index < -0.39 is 11.7 Å². The Hall–Kier alpha value is -2.24. The van der Waals surface area contributed by atoms with Crippen LogP contribution in [0.2, 0.25) is 0 Å². The minimum atomic E-state index is -0.566. The number of carbonyl (C=O) groups excluding carboxylic acids is 1. The molecule has 0 unspecified atom stereocenters. The average Bonchev–Trinajstić information content (AvgIpc) is 2.61. The van der Waals surface area contributed by atoms with Gasteiger partial charge in [-0.15, -0.1) is 0 Å². The number of nitrogens with two attached hydrogens (primary N) is 1. The van der Waals surface area contributed by atoms with Crippen LogP contribution in [0.25, 0.3) is 11.4 Å². The van der Waals surface area contributed by atoms with Crippen LogP contribution in [0.3, 0.4) is 0 Å². The van der Waals surface area contributed by atoms with E-state index in [0.717, 1.165) is 6.20 Å². The van der Waals surface area contributed by atoms with Gasteiger partial charge in [0, 0.05) is 7.05 Å². The highest BCUT2D eigenvalue weighted by atomic mass is 19.1. The van der Waals surface area contributed by atoms with E-state index in [4.69, 9.17) is 5.73 Å². The molecule has 1 amide bonds. The minimum Gasteiger partial charge on any atom is -0.364 e. The van der Waals surface area contributed by atoms with Crippen LogP contribution in [0.4, 0.5) is 4.39 Å². The smallest absolute Gasteiger partial charge is 0.266 e. The molecule has 2 aromatic rings. The standard InChI is InChI=1S/C10H9FN4O/c1-15-9(10(12)16)4-8(14-15)7-3-2-6(11)5-13-7/h2-5H,1H3,(H2,12,16). The van der Waals surface area contributed by atoms with Gasteiger partial charge in [-0.2, -0.15) is 5.10 Å². The predicted molar refractivity (Wildman–Crippen MR) is 54.9 cm³/mol. The molecule has 0 fully saturated rings. The number of aryl methyl sites for hydroxylation is 1. The van der Waals surface area contributed by atoms with Crippen molar-refractivity contribution in [3.8, 4) is 11.4 Å². The molecule has 2 aromatic heterocycles. The van der Waals surface area contributed by atoms with Crippen LogP contribution in [-0.4, -0.2) is 20.7 Å². The van der Waals surface area contributed by atoms with E-state index >= 15 is 0 Å². The van der Waals surface area contributed by atoms with Crippen molar-refractivity contribution in [3.05, 3.63) is 35.9 Å². The third kappa shape index (κ3) is 1.77. The summed E-state index contributed by atoms with van der Waals surface area (Å²) in [6.07, 6.45) is 1.09. The van der Waals surface area contributed by atoms with Gasteiger partial charge in [0.1, 0.15) is 17.2 Å². The topological polar surface area (TPSA) is 73.8 Å². The first-order valence-corrected chi connectivity index (χ1v) is 4.53. The van der Waals surface area contributed by atoms with Crippen molar-refractivity contribution in [1.82, 2.24) is 14.8 Å². The van der Waals surface area contributed by atoms with Gasteiger partial charge in [0.25, 0.3) is 5.91 Å². The quantitative estimate of drug-likeness (QED) is 0.810. The summed E-state index contributed by atoms with van der Waals surface area (Å²) in [4.78, 5) is 14.9. The summed E-state index contributed by atoms with van der Waals surface area (Å²) < 4.78 is 14.0. The molecular formula is C10H9FN4O. The van der Waals surface area contributed by atoms with Crippen molar-refractivity contribution in [3.63, 3.8) is 0 Å². The SMILES string of the molecule is Cn1nc(-c2ccc(F)cn2)cc1C(N)=O. The molecule has 0 saturated carbocycles. The lowest BCUT2D eigenvalue weighted by molar-refractivity contribution is 0.0991. The molecule has 0 saturated heterocycles. The van der Waals surface area contributed by atoms with Crippen molar-refractivity contribution < 1.29 is 9.18 Å². The number of hydrogen-bond acceptors (Lipinski definition) is 3. The second-order valence-electron chi connectivity index (χ2n) is 3.26. The Kier molecular flexibility index (Phi) is 2.40. The number of aromatic nitrogens is 3. The number of nitrogens with zero attached hydrogens (tertiary/aromatic N) is 3. The van der Waals surface area contributed by atoms with E-state index in [2.05, 4.69) is 10.1 Å². The molecule has 0 bridgehead atoms. The zero-order chi connectivity index (χ0) is 11.7.